The molecule has 330 valence electrons. The predicted octanol–water partition coefficient (Wildman–Crippen LogP) is 13.1. The summed E-state index contributed by atoms with van der Waals surface area (Å²) in [6.07, 6.45) is 47.7. The largest absolute Gasteiger partial charge is 0.472 e. The summed E-state index contributed by atoms with van der Waals surface area (Å²) in [6, 6.07) is -0.847. The highest BCUT2D eigenvalue weighted by Gasteiger charge is 2.27. The normalized spacial score (nSPS) is 14.6. The van der Waals surface area contributed by atoms with Gasteiger partial charge in [-0.1, -0.05) is 185 Å². The van der Waals surface area contributed by atoms with Crippen LogP contribution in [0.5, 0.6) is 0 Å². The Kier molecular flexibility index (Phi) is 38.3. The topological polar surface area (TPSA) is 105 Å². The molecule has 0 aliphatic carbocycles. The lowest BCUT2D eigenvalue weighted by molar-refractivity contribution is -0.870. The number of likely N-dealkylation sites (N-methyl/N-ethyl adjacent to an activating group) is 1. The maximum absolute atomic E-state index is 12.9. The van der Waals surface area contributed by atoms with Crippen LogP contribution in [0.4, 0.5) is 0 Å². The van der Waals surface area contributed by atoms with Gasteiger partial charge in [0.25, 0.3) is 0 Å². The minimum Gasteiger partial charge on any atom is -0.387 e. The van der Waals surface area contributed by atoms with Crippen molar-refractivity contribution in [2.75, 3.05) is 40.9 Å². The monoisotopic (exact) mass is 812 g/mol. The van der Waals surface area contributed by atoms with Crippen LogP contribution in [0, 0.1) is 0 Å². The molecule has 0 fully saturated rings. The van der Waals surface area contributed by atoms with Crippen molar-refractivity contribution in [1.82, 2.24) is 5.32 Å². The molecule has 0 aromatic rings. The van der Waals surface area contributed by atoms with Gasteiger partial charge in [0.2, 0.25) is 5.91 Å². The first-order chi connectivity index (χ1) is 27.0. The second-order valence-electron chi connectivity index (χ2n) is 17.1. The second kappa shape index (κ2) is 39.2. The molecule has 0 aromatic heterocycles. The number of hydrogen-bond acceptors (Lipinski definition) is 5. The number of quaternary nitrogens is 1. The van der Waals surface area contributed by atoms with Gasteiger partial charge in [0.15, 0.2) is 0 Å². The van der Waals surface area contributed by atoms with Crippen molar-refractivity contribution >= 4 is 13.7 Å². The Bertz CT molecular complexity index is 1010. The van der Waals surface area contributed by atoms with Gasteiger partial charge in [0, 0.05) is 6.42 Å². The molecule has 0 rings (SSSR count). The summed E-state index contributed by atoms with van der Waals surface area (Å²) in [5.74, 6) is -0.182. The SMILES string of the molecule is CCCCC/C=C\C/C=C\CCCCCCCCCCCC(=O)NC(COP(=O)(O)OCC[N+](C)(C)C)C(O)/C=C/CCCCCCCCCCCCCCC. The number of hydrogen-bond donors (Lipinski definition) is 3. The highest BCUT2D eigenvalue weighted by Crippen LogP contribution is 2.43. The lowest BCUT2D eigenvalue weighted by Gasteiger charge is -2.25. The summed E-state index contributed by atoms with van der Waals surface area (Å²) in [5, 5.41) is 13.8. The molecule has 0 heterocycles. The van der Waals surface area contributed by atoms with Crippen molar-refractivity contribution in [3.8, 4) is 0 Å². The summed E-state index contributed by atoms with van der Waals surface area (Å²) >= 11 is 0. The molecule has 3 unspecified atom stereocenters. The van der Waals surface area contributed by atoms with Crippen LogP contribution in [0.3, 0.4) is 0 Å². The first-order valence-electron chi connectivity index (χ1n) is 23.4. The first-order valence-corrected chi connectivity index (χ1v) is 24.9. The zero-order valence-electron chi connectivity index (χ0n) is 37.4. The fourth-order valence-corrected chi connectivity index (χ4v) is 7.34. The van der Waals surface area contributed by atoms with Gasteiger partial charge in [-0.25, -0.2) is 4.57 Å². The number of phosphoric ester groups is 1. The van der Waals surface area contributed by atoms with Crippen LogP contribution in [0.25, 0.3) is 0 Å². The number of allylic oxidation sites excluding steroid dienone is 5. The molecule has 1 amide bonds. The highest BCUT2D eigenvalue weighted by molar-refractivity contribution is 7.47. The van der Waals surface area contributed by atoms with Gasteiger partial charge < -0.3 is 19.8 Å². The lowest BCUT2D eigenvalue weighted by atomic mass is 10.0. The quantitative estimate of drug-likeness (QED) is 0.0245. The Morgan fingerprint density at radius 2 is 1.02 bits per heavy atom. The number of phosphoric acid groups is 1. The minimum absolute atomic E-state index is 0.0606. The Balaban J connectivity index is 4.38. The molecule has 3 N–H and O–H groups in total. The average Bonchev–Trinajstić information content (AvgIpc) is 3.15. The number of aliphatic hydroxyl groups excluding tert-OH is 1. The molecular formula is C47H92N2O6P+. The van der Waals surface area contributed by atoms with Crippen LogP contribution < -0.4 is 5.32 Å². The molecule has 0 saturated heterocycles. The van der Waals surface area contributed by atoms with Crippen LogP contribution in [-0.4, -0.2) is 73.4 Å². The third kappa shape index (κ3) is 40.9. The number of aliphatic hydroxyl groups is 1. The van der Waals surface area contributed by atoms with Crippen molar-refractivity contribution in [2.24, 2.45) is 0 Å². The highest BCUT2D eigenvalue weighted by atomic mass is 31.2. The third-order valence-corrected chi connectivity index (χ3v) is 11.3. The van der Waals surface area contributed by atoms with Crippen molar-refractivity contribution < 1.29 is 32.9 Å². The molecule has 3 atom stereocenters. The van der Waals surface area contributed by atoms with Gasteiger partial charge >= 0.3 is 7.82 Å². The fraction of sp³-hybridized carbons (Fsp3) is 0.851. The third-order valence-electron chi connectivity index (χ3n) is 10.4. The molecular weight excluding hydrogens is 719 g/mol. The van der Waals surface area contributed by atoms with Crippen molar-refractivity contribution in [3.63, 3.8) is 0 Å². The van der Waals surface area contributed by atoms with E-state index in [-0.39, 0.29) is 19.1 Å². The molecule has 0 saturated carbocycles. The van der Waals surface area contributed by atoms with Gasteiger partial charge in [0.05, 0.1) is 39.9 Å². The van der Waals surface area contributed by atoms with Gasteiger partial charge in [-0.3, -0.25) is 13.8 Å². The number of amides is 1. The molecule has 0 aliphatic rings. The van der Waals surface area contributed by atoms with Crippen LogP contribution in [0.1, 0.15) is 206 Å². The van der Waals surface area contributed by atoms with Gasteiger partial charge in [-0.05, 0) is 51.4 Å². The minimum atomic E-state index is -4.34. The van der Waals surface area contributed by atoms with E-state index in [1.807, 2.05) is 27.2 Å². The summed E-state index contributed by atoms with van der Waals surface area (Å²) in [6.45, 7) is 4.79. The Labute approximate surface area is 347 Å². The molecule has 0 spiro atoms. The van der Waals surface area contributed by atoms with Crippen molar-refractivity contribution in [1.29, 1.82) is 0 Å². The summed E-state index contributed by atoms with van der Waals surface area (Å²) in [5.41, 5.74) is 0. The molecule has 9 heteroatoms. The number of nitrogens with one attached hydrogen (secondary N) is 1. The maximum Gasteiger partial charge on any atom is 0.472 e. The summed E-state index contributed by atoms with van der Waals surface area (Å²) in [7, 11) is 1.57. The molecule has 0 radical (unpaired) electrons. The van der Waals surface area contributed by atoms with E-state index in [1.165, 1.54) is 141 Å². The van der Waals surface area contributed by atoms with E-state index < -0.39 is 20.0 Å². The lowest BCUT2D eigenvalue weighted by Crippen LogP contribution is -2.45. The number of unbranched alkanes of at least 4 members (excludes halogenated alkanes) is 25. The Morgan fingerprint density at radius 3 is 1.50 bits per heavy atom. The standard InChI is InChI=1S/C47H91N2O6P/c1-6-8-10-12-14-16-18-20-22-23-24-25-27-29-31-33-35-37-39-41-47(51)48-45(44-55-56(52,53)54-43-42-49(3,4)5)46(50)40-38-36-34-32-30-28-26-21-19-17-15-13-11-9-7-2/h14,16,20,22,38,40,45-46,50H,6-13,15,17-19,21,23-37,39,41-44H2,1-5H3,(H-,48,51,52,53)/p+1/b16-14-,22-20-,40-38+. The Hall–Kier alpha value is -1.28. The maximum atomic E-state index is 12.9. The average molecular weight is 812 g/mol. The van der Waals surface area contributed by atoms with E-state index in [0.29, 0.717) is 17.4 Å². The van der Waals surface area contributed by atoms with Gasteiger partial charge in [0.1, 0.15) is 13.2 Å². The van der Waals surface area contributed by atoms with Crippen molar-refractivity contribution in [2.45, 2.75) is 219 Å². The number of rotatable bonds is 42. The molecule has 0 aliphatic heterocycles. The second-order valence-corrected chi connectivity index (χ2v) is 18.6. The van der Waals surface area contributed by atoms with E-state index in [0.717, 1.165) is 44.9 Å². The Morgan fingerprint density at radius 1 is 0.607 bits per heavy atom. The van der Waals surface area contributed by atoms with Crippen LogP contribution >= 0.6 is 7.82 Å². The molecule has 0 bridgehead atoms. The van der Waals surface area contributed by atoms with Crippen LogP contribution in [0.15, 0.2) is 36.5 Å². The van der Waals surface area contributed by atoms with E-state index in [2.05, 4.69) is 43.5 Å². The molecule has 56 heavy (non-hydrogen) atoms. The first kappa shape index (κ1) is 54.7. The summed E-state index contributed by atoms with van der Waals surface area (Å²) < 4.78 is 23.6. The van der Waals surface area contributed by atoms with E-state index in [9.17, 15) is 19.4 Å². The molecule has 8 nitrogen and oxygen atoms in total. The fourth-order valence-electron chi connectivity index (χ4n) is 6.60. The predicted molar refractivity (Wildman–Crippen MR) is 240 cm³/mol. The number of carbonyl (C=O) groups is 1. The zero-order chi connectivity index (χ0) is 41.4. The van der Waals surface area contributed by atoms with E-state index >= 15 is 0 Å². The molecule has 0 aromatic carbocycles. The smallest absolute Gasteiger partial charge is 0.387 e. The van der Waals surface area contributed by atoms with Crippen LogP contribution in [-0.2, 0) is 18.4 Å². The van der Waals surface area contributed by atoms with Crippen LogP contribution in [0.2, 0.25) is 0 Å². The van der Waals surface area contributed by atoms with Gasteiger partial charge in [-0.15, -0.1) is 0 Å². The van der Waals surface area contributed by atoms with E-state index in [4.69, 9.17) is 9.05 Å². The summed E-state index contributed by atoms with van der Waals surface area (Å²) in [4.78, 5) is 23.1. The van der Waals surface area contributed by atoms with Crippen molar-refractivity contribution in [3.05, 3.63) is 36.5 Å². The number of nitrogens with zero attached hydrogens (tertiary/aromatic N) is 1. The zero-order valence-corrected chi connectivity index (χ0v) is 38.3. The van der Waals surface area contributed by atoms with Gasteiger partial charge in [-0.2, -0.15) is 0 Å². The van der Waals surface area contributed by atoms with E-state index in [1.54, 1.807) is 6.08 Å². The number of carbonyl (C=O) groups excluding carboxylic acids is 1.